The second kappa shape index (κ2) is 5.23. The molecule has 1 heterocycles. The van der Waals surface area contributed by atoms with Gasteiger partial charge < -0.3 is 0 Å². The molecule has 0 radical (unpaired) electrons. The predicted molar refractivity (Wildman–Crippen MR) is 89.8 cm³/mol. The summed E-state index contributed by atoms with van der Waals surface area (Å²) in [5.41, 5.74) is 3.98. The molecule has 0 spiro atoms. The number of anilines is 1. The van der Waals surface area contributed by atoms with Crippen LogP contribution in [0.4, 0.5) is 5.13 Å². The van der Waals surface area contributed by atoms with Crippen LogP contribution in [-0.2, 0) is 6.42 Å². The molecule has 0 atom stereocenters. The van der Waals surface area contributed by atoms with Gasteiger partial charge in [0.1, 0.15) is 0 Å². The minimum atomic E-state index is -0.191. The molecule has 1 N–H and O–H groups in total. The molecule has 2 aromatic carbocycles. The number of carbonyl (C=O) groups excluding carboxylic acids is 1. The van der Waals surface area contributed by atoms with Crippen molar-refractivity contribution in [2.24, 2.45) is 0 Å². The van der Waals surface area contributed by atoms with Crippen molar-refractivity contribution in [3.8, 4) is 11.3 Å². The van der Waals surface area contributed by atoms with Crippen LogP contribution in [0, 0.1) is 0 Å². The number of aromatic nitrogens is 1. The van der Waals surface area contributed by atoms with Crippen molar-refractivity contribution in [1.29, 1.82) is 0 Å². The van der Waals surface area contributed by atoms with Gasteiger partial charge in [0, 0.05) is 27.4 Å². The summed E-state index contributed by atoms with van der Waals surface area (Å²) in [6.45, 7) is 0. The Kier molecular flexibility index (Phi) is 3.21. The molecule has 4 rings (SSSR count). The lowest BCUT2D eigenvalue weighted by Gasteiger charge is -2.02. The Labute approximate surface area is 136 Å². The maximum atomic E-state index is 12.2. The van der Waals surface area contributed by atoms with Gasteiger partial charge in [-0.05, 0) is 23.8 Å². The summed E-state index contributed by atoms with van der Waals surface area (Å²) >= 11 is 7.45. The van der Waals surface area contributed by atoms with Crippen molar-refractivity contribution >= 4 is 34.0 Å². The van der Waals surface area contributed by atoms with E-state index in [1.807, 2.05) is 12.1 Å². The van der Waals surface area contributed by atoms with Crippen LogP contribution in [0.2, 0.25) is 5.02 Å². The highest BCUT2D eigenvalue weighted by Crippen LogP contribution is 2.40. The van der Waals surface area contributed by atoms with Crippen LogP contribution in [0.25, 0.3) is 11.3 Å². The molecule has 0 bridgehead atoms. The van der Waals surface area contributed by atoms with Gasteiger partial charge in [-0.3, -0.25) is 10.1 Å². The van der Waals surface area contributed by atoms with Gasteiger partial charge in [0.15, 0.2) is 5.13 Å². The Balaban J connectivity index is 1.61. The summed E-state index contributed by atoms with van der Waals surface area (Å²) in [6.07, 6.45) is 0.885. The Hall–Kier alpha value is -2.17. The fourth-order valence-electron chi connectivity index (χ4n) is 2.61. The van der Waals surface area contributed by atoms with Crippen molar-refractivity contribution in [1.82, 2.24) is 4.98 Å². The number of nitrogens with zero attached hydrogens (tertiary/aromatic N) is 1. The Morgan fingerprint density at radius 1 is 1.18 bits per heavy atom. The normalized spacial score (nSPS) is 11.9. The van der Waals surface area contributed by atoms with Crippen LogP contribution in [0.3, 0.4) is 0 Å². The summed E-state index contributed by atoms with van der Waals surface area (Å²) in [6, 6.07) is 15.1. The lowest BCUT2D eigenvalue weighted by molar-refractivity contribution is 0.102. The molecule has 0 fully saturated rings. The maximum Gasteiger partial charge on any atom is 0.257 e. The molecule has 3 aromatic rings. The van der Waals surface area contributed by atoms with Gasteiger partial charge in [0.05, 0.1) is 5.69 Å². The molecule has 1 aliphatic rings. The van der Waals surface area contributed by atoms with E-state index >= 15 is 0 Å². The first-order valence-electron chi connectivity index (χ1n) is 6.85. The lowest BCUT2D eigenvalue weighted by Crippen LogP contribution is -2.11. The average molecular weight is 327 g/mol. The Morgan fingerprint density at radius 2 is 2.05 bits per heavy atom. The van der Waals surface area contributed by atoms with Crippen LogP contribution in [0.1, 0.15) is 20.8 Å². The van der Waals surface area contributed by atoms with E-state index in [1.54, 1.807) is 24.3 Å². The Bertz CT molecular complexity index is 888. The molecule has 3 nitrogen and oxygen atoms in total. The fraction of sp³-hybridized carbons (Fsp3) is 0.0588. The van der Waals surface area contributed by atoms with E-state index < -0.39 is 0 Å². The van der Waals surface area contributed by atoms with Crippen LogP contribution in [0.5, 0.6) is 0 Å². The smallest absolute Gasteiger partial charge is 0.257 e. The van der Waals surface area contributed by atoms with Crippen molar-refractivity contribution in [2.45, 2.75) is 6.42 Å². The zero-order chi connectivity index (χ0) is 15.1. The van der Waals surface area contributed by atoms with Crippen LogP contribution >= 0.6 is 22.9 Å². The first-order valence-corrected chi connectivity index (χ1v) is 8.05. The van der Waals surface area contributed by atoms with Gasteiger partial charge in [-0.1, -0.05) is 41.9 Å². The highest BCUT2D eigenvalue weighted by atomic mass is 35.5. The number of halogens is 1. The van der Waals surface area contributed by atoms with Gasteiger partial charge in [-0.15, -0.1) is 11.3 Å². The second-order valence-corrected chi connectivity index (χ2v) is 6.61. The van der Waals surface area contributed by atoms with E-state index in [0.717, 1.165) is 17.7 Å². The van der Waals surface area contributed by atoms with Crippen molar-refractivity contribution in [3.05, 3.63) is 69.6 Å². The summed E-state index contributed by atoms with van der Waals surface area (Å²) in [5.74, 6) is -0.191. The number of rotatable bonds is 2. The van der Waals surface area contributed by atoms with E-state index in [9.17, 15) is 4.79 Å². The summed E-state index contributed by atoms with van der Waals surface area (Å²) in [7, 11) is 0. The summed E-state index contributed by atoms with van der Waals surface area (Å²) in [5, 5.41) is 4.03. The van der Waals surface area contributed by atoms with Crippen molar-refractivity contribution in [2.75, 3.05) is 5.32 Å². The zero-order valence-corrected chi connectivity index (χ0v) is 13.0. The van der Waals surface area contributed by atoms with E-state index in [4.69, 9.17) is 11.6 Å². The molecule has 0 unspecified atom stereocenters. The molecule has 108 valence electrons. The van der Waals surface area contributed by atoms with Crippen molar-refractivity contribution < 1.29 is 4.79 Å². The highest BCUT2D eigenvalue weighted by Gasteiger charge is 2.23. The standard InChI is InChI=1S/C17H11ClN2OS/c18-12-6-3-5-11(8-12)16(21)20-17-19-15-13-7-2-1-4-10(13)9-14(15)22-17/h1-8H,9H2,(H,19,20,21). The van der Waals surface area contributed by atoms with Crippen molar-refractivity contribution in [3.63, 3.8) is 0 Å². The molecule has 0 saturated carbocycles. The van der Waals surface area contributed by atoms with Crippen LogP contribution < -0.4 is 5.32 Å². The number of amides is 1. The number of fused-ring (bicyclic) bond motifs is 3. The Morgan fingerprint density at radius 3 is 2.91 bits per heavy atom. The van der Waals surface area contributed by atoms with Crippen LogP contribution in [-0.4, -0.2) is 10.9 Å². The number of carbonyl (C=O) groups is 1. The first-order chi connectivity index (χ1) is 10.7. The average Bonchev–Trinajstić information content (AvgIpc) is 3.04. The minimum absolute atomic E-state index is 0.191. The lowest BCUT2D eigenvalue weighted by atomic mass is 10.1. The molecule has 5 heteroatoms. The third-order valence-electron chi connectivity index (χ3n) is 3.63. The number of thiazole rings is 1. The largest absolute Gasteiger partial charge is 0.298 e. The summed E-state index contributed by atoms with van der Waals surface area (Å²) in [4.78, 5) is 18.0. The zero-order valence-electron chi connectivity index (χ0n) is 11.5. The van der Waals surface area contributed by atoms with Crippen LogP contribution in [0.15, 0.2) is 48.5 Å². The molecule has 0 aliphatic heterocycles. The van der Waals surface area contributed by atoms with E-state index in [1.165, 1.54) is 21.8 Å². The predicted octanol–water partition coefficient (Wildman–Crippen LogP) is 4.62. The number of hydrogen-bond acceptors (Lipinski definition) is 3. The first kappa shape index (κ1) is 13.5. The SMILES string of the molecule is O=C(Nc1nc2c(s1)Cc1ccccc1-2)c1cccc(Cl)c1. The van der Waals surface area contributed by atoms with E-state index in [-0.39, 0.29) is 5.91 Å². The third-order valence-corrected chi connectivity index (χ3v) is 4.83. The number of nitrogens with one attached hydrogen (secondary N) is 1. The molecule has 0 saturated heterocycles. The molecular weight excluding hydrogens is 316 g/mol. The molecule has 1 aliphatic carbocycles. The quantitative estimate of drug-likeness (QED) is 0.584. The van der Waals surface area contributed by atoms with Gasteiger partial charge in [-0.2, -0.15) is 0 Å². The molecule has 22 heavy (non-hydrogen) atoms. The molecule has 1 amide bonds. The fourth-order valence-corrected chi connectivity index (χ4v) is 3.80. The van der Waals surface area contributed by atoms with Gasteiger partial charge >= 0.3 is 0 Å². The topological polar surface area (TPSA) is 42.0 Å². The van der Waals surface area contributed by atoms with E-state index in [0.29, 0.717) is 15.7 Å². The summed E-state index contributed by atoms with van der Waals surface area (Å²) < 4.78 is 0. The molecule has 1 aromatic heterocycles. The third kappa shape index (κ3) is 2.30. The highest BCUT2D eigenvalue weighted by molar-refractivity contribution is 7.16. The number of hydrogen-bond donors (Lipinski definition) is 1. The van der Waals surface area contributed by atoms with E-state index in [2.05, 4.69) is 22.4 Å². The minimum Gasteiger partial charge on any atom is -0.298 e. The number of benzene rings is 2. The van der Waals surface area contributed by atoms with Gasteiger partial charge in [0.2, 0.25) is 0 Å². The second-order valence-electron chi connectivity index (χ2n) is 5.09. The monoisotopic (exact) mass is 326 g/mol. The maximum absolute atomic E-state index is 12.2. The van der Waals surface area contributed by atoms with Gasteiger partial charge in [0.25, 0.3) is 5.91 Å². The van der Waals surface area contributed by atoms with Gasteiger partial charge in [-0.25, -0.2) is 4.98 Å². The molecular formula is C17H11ClN2OS.